The molecule has 0 aliphatic carbocycles. The minimum atomic E-state index is -0.833. The zero-order chi connectivity index (χ0) is 10.7. The van der Waals surface area contributed by atoms with Crippen molar-refractivity contribution in [3.05, 3.63) is 35.4 Å². The molecule has 0 N–H and O–H groups in total. The monoisotopic (exact) mass is 326 g/mol. The Balaban J connectivity index is 3.12. The van der Waals surface area contributed by atoms with Crippen LogP contribution in [0.5, 0.6) is 0 Å². The van der Waals surface area contributed by atoms with E-state index in [4.69, 9.17) is 0 Å². The van der Waals surface area contributed by atoms with Crippen LogP contribution in [-0.2, 0) is 0 Å². The molecule has 0 saturated heterocycles. The summed E-state index contributed by atoms with van der Waals surface area (Å²) in [6.45, 7) is 0. The van der Waals surface area contributed by atoms with E-state index >= 15 is 0 Å². The number of ketones is 1. The van der Waals surface area contributed by atoms with Crippen LogP contribution in [0.15, 0.2) is 18.2 Å². The van der Waals surface area contributed by atoms with Gasteiger partial charge in [0.05, 0.1) is 10.4 Å². The molecule has 0 spiro atoms. The maximum Gasteiger partial charge on any atom is 0.183 e. The lowest BCUT2D eigenvalue weighted by atomic mass is 10.1. The maximum atomic E-state index is 13.1. The molecule has 0 radical (unpaired) electrons. The van der Waals surface area contributed by atoms with E-state index in [-0.39, 0.29) is 0 Å². The van der Waals surface area contributed by atoms with E-state index in [9.17, 15) is 13.6 Å². The minimum Gasteiger partial charge on any atom is -0.293 e. The summed E-state index contributed by atoms with van der Waals surface area (Å²) in [5.41, 5.74) is -0.492. The van der Waals surface area contributed by atoms with Crippen molar-refractivity contribution in [3.8, 4) is 0 Å². The molecule has 0 amide bonds. The van der Waals surface area contributed by atoms with Crippen molar-refractivity contribution in [2.45, 2.75) is 4.83 Å². The first-order valence-corrected chi connectivity index (χ1v) is 5.80. The Morgan fingerprint density at radius 3 is 2.29 bits per heavy atom. The first-order chi connectivity index (χ1) is 6.57. The van der Waals surface area contributed by atoms with Crippen LogP contribution >= 0.6 is 31.9 Å². The number of hydrogen-bond donors (Lipinski definition) is 0. The molecule has 1 nitrogen and oxygen atoms in total. The van der Waals surface area contributed by atoms with Gasteiger partial charge in [0.2, 0.25) is 0 Å². The van der Waals surface area contributed by atoms with Crippen LogP contribution in [0.25, 0.3) is 0 Å². The second-order valence-corrected chi connectivity index (χ2v) is 4.34. The third-order valence-corrected chi connectivity index (χ3v) is 3.89. The van der Waals surface area contributed by atoms with E-state index in [2.05, 4.69) is 31.9 Å². The zero-order valence-electron chi connectivity index (χ0n) is 6.94. The van der Waals surface area contributed by atoms with E-state index in [1.165, 1.54) is 6.07 Å². The molecule has 1 aromatic rings. The highest BCUT2D eigenvalue weighted by molar-refractivity contribution is 9.12. The van der Waals surface area contributed by atoms with Crippen LogP contribution in [0.2, 0.25) is 0 Å². The molecular weight excluding hydrogens is 322 g/mol. The van der Waals surface area contributed by atoms with Gasteiger partial charge in [0.25, 0.3) is 0 Å². The van der Waals surface area contributed by atoms with Crippen LogP contribution in [-0.4, -0.2) is 15.9 Å². The van der Waals surface area contributed by atoms with Crippen molar-refractivity contribution in [3.63, 3.8) is 0 Å². The maximum absolute atomic E-state index is 13.1. The highest BCUT2D eigenvalue weighted by atomic mass is 79.9. The Labute approximate surface area is 96.8 Å². The minimum absolute atomic E-state index is 0.305. The van der Waals surface area contributed by atoms with Gasteiger partial charge in [-0.15, -0.1) is 0 Å². The van der Waals surface area contributed by atoms with Gasteiger partial charge in [0.1, 0.15) is 11.6 Å². The fourth-order valence-electron chi connectivity index (χ4n) is 0.960. The topological polar surface area (TPSA) is 17.1 Å². The average Bonchev–Trinajstić information content (AvgIpc) is 2.16. The lowest BCUT2D eigenvalue weighted by molar-refractivity contribution is 0.0989. The summed E-state index contributed by atoms with van der Waals surface area (Å²) in [4.78, 5) is 10.8. The second-order valence-electron chi connectivity index (χ2n) is 2.58. The van der Waals surface area contributed by atoms with Gasteiger partial charge in [0, 0.05) is 5.33 Å². The molecule has 0 aliphatic rings. The Hall–Kier alpha value is -0.290. The summed E-state index contributed by atoms with van der Waals surface area (Å²) in [6, 6.07) is 3.34. The number of benzene rings is 1. The number of Topliss-reactive ketones (excluding diaryl/α,β-unsaturated/α-hetero) is 1. The summed E-state index contributed by atoms with van der Waals surface area (Å²) in [5, 5.41) is 0.305. The molecule has 0 fully saturated rings. The van der Waals surface area contributed by atoms with E-state index in [1.807, 2.05) is 0 Å². The van der Waals surface area contributed by atoms with E-state index < -0.39 is 27.8 Å². The van der Waals surface area contributed by atoms with Crippen LogP contribution < -0.4 is 0 Å². The number of hydrogen-bond acceptors (Lipinski definition) is 1. The Kier molecular flexibility index (Phi) is 4.19. The normalized spacial score (nSPS) is 12.6. The van der Waals surface area contributed by atoms with Gasteiger partial charge in [-0.1, -0.05) is 37.9 Å². The molecule has 76 valence electrons. The third-order valence-electron chi connectivity index (χ3n) is 1.63. The van der Waals surface area contributed by atoms with Crippen molar-refractivity contribution >= 4 is 37.6 Å². The third kappa shape index (κ3) is 2.39. The van der Waals surface area contributed by atoms with E-state index in [0.717, 1.165) is 12.1 Å². The van der Waals surface area contributed by atoms with Crippen molar-refractivity contribution in [2.24, 2.45) is 0 Å². The number of carbonyl (C=O) groups excluding carboxylic acids is 1. The van der Waals surface area contributed by atoms with Crippen LogP contribution in [0, 0.1) is 11.6 Å². The molecule has 0 aliphatic heterocycles. The summed E-state index contributed by atoms with van der Waals surface area (Å²) >= 11 is 6.07. The summed E-state index contributed by atoms with van der Waals surface area (Å²) in [6.07, 6.45) is 0. The zero-order valence-corrected chi connectivity index (χ0v) is 10.1. The summed E-state index contributed by atoms with van der Waals surface area (Å²) in [5.74, 6) is -2.27. The second kappa shape index (κ2) is 4.98. The van der Waals surface area contributed by atoms with Gasteiger partial charge in [-0.25, -0.2) is 8.78 Å². The van der Waals surface area contributed by atoms with E-state index in [1.54, 1.807) is 0 Å². The molecule has 1 atom stereocenters. The molecule has 1 rings (SSSR count). The fraction of sp³-hybridized carbons (Fsp3) is 0.222. The lowest BCUT2D eigenvalue weighted by Crippen LogP contribution is -2.18. The largest absolute Gasteiger partial charge is 0.293 e. The van der Waals surface area contributed by atoms with Crippen molar-refractivity contribution in [1.29, 1.82) is 0 Å². The molecule has 0 aromatic heterocycles. The molecule has 14 heavy (non-hydrogen) atoms. The number of halogens is 4. The first kappa shape index (κ1) is 11.8. The average molecular weight is 328 g/mol. The Bertz CT molecular complexity index is 334. The SMILES string of the molecule is O=C(c1c(F)cccc1F)C(Br)CBr. The van der Waals surface area contributed by atoms with Gasteiger partial charge in [0.15, 0.2) is 5.78 Å². The quantitative estimate of drug-likeness (QED) is 0.615. The number of carbonyl (C=O) groups is 1. The number of rotatable bonds is 3. The standard InChI is InChI=1S/C9H6Br2F2O/c10-4-5(11)9(14)8-6(12)2-1-3-7(8)13/h1-3,5H,4H2. The first-order valence-electron chi connectivity index (χ1n) is 3.76. The summed E-state index contributed by atoms with van der Waals surface area (Å²) in [7, 11) is 0. The van der Waals surface area contributed by atoms with Crippen LogP contribution in [0.4, 0.5) is 8.78 Å². The van der Waals surface area contributed by atoms with Gasteiger partial charge >= 0.3 is 0 Å². The molecule has 0 saturated carbocycles. The Morgan fingerprint density at radius 2 is 1.86 bits per heavy atom. The fourth-order valence-corrected chi connectivity index (χ4v) is 1.48. The van der Waals surface area contributed by atoms with Gasteiger partial charge in [-0.3, -0.25) is 4.79 Å². The van der Waals surface area contributed by atoms with Crippen molar-refractivity contribution < 1.29 is 13.6 Å². The molecule has 5 heteroatoms. The Morgan fingerprint density at radius 1 is 1.36 bits per heavy atom. The van der Waals surface area contributed by atoms with Gasteiger partial charge in [-0.2, -0.15) is 0 Å². The van der Waals surface area contributed by atoms with E-state index in [0.29, 0.717) is 5.33 Å². The molecule has 0 heterocycles. The molecule has 1 unspecified atom stereocenters. The predicted octanol–water partition coefficient (Wildman–Crippen LogP) is 3.31. The highest BCUT2D eigenvalue weighted by Crippen LogP contribution is 2.18. The van der Waals surface area contributed by atoms with Crippen LogP contribution in [0.1, 0.15) is 10.4 Å². The molecular formula is C9H6Br2F2O. The van der Waals surface area contributed by atoms with Crippen molar-refractivity contribution in [1.82, 2.24) is 0 Å². The van der Waals surface area contributed by atoms with Crippen LogP contribution in [0.3, 0.4) is 0 Å². The summed E-state index contributed by atoms with van der Waals surface area (Å²) < 4.78 is 26.2. The molecule has 1 aromatic carbocycles. The lowest BCUT2D eigenvalue weighted by Gasteiger charge is -2.06. The predicted molar refractivity (Wildman–Crippen MR) is 57.2 cm³/mol. The van der Waals surface area contributed by atoms with Gasteiger partial charge < -0.3 is 0 Å². The number of alkyl halides is 2. The van der Waals surface area contributed by atoms with Crippen molar-refractivity contribution in [2.75, 3.05) is 5.33 Å². The van der Waals surface area contributed by atoms with Gasteiger partial charge in [-0.05, 0) is 12.1 Å². The smallest absolute Gasteiger partial charge is 0.183 e. The highest BCUT2D eigenvalue weighted by Gasteiger charge is 2.22. The molecule has 0 bridgehead atoms.